The maximum absolute atomic E-state index is 11.9. The minimum Gasteiger partial charge on any atom is -0.379 e. The Hall–Kier alpha value is -0.370. The number of unbranched alkanes of at least 4 members (excludes halogenated alkanes) is 5. The van der Waals surface area contributed by atoms with E-state index in [1.807, 2.05) is 4.31 Å². The van der Waals surface area contributed by atoms with Gasteiger partial charge < -0.3 is 4.74 Å². The summed E-state index contributed by atoms with van der Waals surface area (Å²) in [6.07, 6.45) is 7.33. The standard InChI is InChI=1S/C14H25NO2S/c1-2-3-4-5-6-7-8-9-14-18(16)15-10-12-17-13-11-15/h2-7,10-14H2,1H3. The Balaban J connectivity index is 2.03. The molecule has 1 unspecified atom stereocenters. The van der Waals surface area contributed by atoms with Gasteiger partial charge >= 0.3 is 0 Å². The first-order valence-electron chi connectivity index (χ1n) is 7.01. The van der Waals surface area contributed by atoms with E-state index in [0.29, 0.717) is 19.0 Å². The monoisotopic (exact) mass is 271 g/mol. The average molecular weight is 271 g/mol. The maximum atomic E-state index is 11.9. The summed E-state index contributed by atoms with van der Waals surface area (Å²) >= 11 is 0. The Kier molecular flexibility index (Phi) is 9.19. The van der Waals surface area contributed by atoms with Crippen LogP contribution in [0.3, 0.4) is 0 Å². The Bertz CT molecular complexity index is 290. The van der Waals surface area contributed by atoms with E-state index < -0.39 is 11.0 Å². The van der Waals surface area contributed by atoms with Crippen LogP contribution in [0, 0.1) is 11.8 Å². The Morgan fingerprint density at radius 3 is 2.56 bits per heavy atom. The smallest absolute Gasteiger partial charge is 0.107 e. The van der Waals surface area contributed by atoms with Crippen molar-refractivity contribution in [2.24, 2.45) is 0 Å². The lowest BCUT2D eigenvalue weighted by Crippen LogP contribution is -2.38. The zero-order valence-electron chi connectivity index (χ0n) is 11.5. The molecule has 1 aliphatic rings. The van der Waals surface area contributed by atoms with Crippen LogP contribution in [0.15, 0.2) is 0 Å². The third kappa shape index (κ3) is 7.15. The number of hydrogen-bond acceptors (Lipinski definition) is 2. The molecule has 104 valence electrons. The summed E-state index contributed by atoms with van der Waals surface area (Å²) in [5.41, 5.74) is 0. The van der Waals surface area contributed by atoms with Crippen LogP contribution in [-0.2, 0) is 15.7 Å². The van der Waals surface area contributed by atoms with Gasteiger partial charge in [-0.15, -0.1) is 5.92 Å². The van der Waals surface area contributed by atoms with Gasteiger partial charge in [0, 0.05) is 19.5 Å². The van der Waals surface area contributed by atoms with Gasteiger partial charge in [-0.1, -0.05) is 38.5 Å². The summed E-state index contributed by atoms with van der Waals surface area (Å²) in [7, 11) is -0.937. The van der Waals surface area contributed by atoms with E-state index in [0.717, 1.165) is 19.5 Å². The highest BCUT2D eigenvalue weighted by Gasteiger charge is 2.15. The van der Waals surface area contributed by atoms with Gasteiger partial charge in [-0.05, 0) is 6.42 Å². The highest BCUT2D eigenvalue weighted by molar-refractivity contribution is 7.82. The third-order valence-electron chi connectivity index (χ3n) is 2.98. The molecule has 1 saturated heterocycles. The van der Waals surface area contributed by atoms with E-state index in [1.165, 1.54) is 32.1 Å². The normalized spacial score (nSPS) is 18.1. The van der Waals surface area contributed by atoms with Gasteiger partial charge in [-0.2, -0.15) is 0 Å². The number of rotatable bonds is 7. The Morgan fingerprint density at radius 2 is 1.83 bits per heavy atom. The molecule has 0 N–H and O–H groups in total. The van der Waals surface area contributed by atoms with Crippen LogP contribution in [0.5, 0.6) is 0 Å². The Morgan fingerprint density at radius 1 is 1.11 bits per heavy atom. The summed E-state index contributed by atoms with van der Waals surface area (Å²) in [6, 6.07) is 0. The molecule has 0 aromatic carbocycles. The summed E-state index contributed by atoms with van der Waals surface area (Å²) in [5, 5.41) is 0. The van der Waals surface area contributed by atoms with E-state index in [-0.39, 0.29) is 0 Å². The molecule has 0 amide bonds. The molecule has 1 fully saturated rings. The second-order valence-electron chi connectivity index (χ2n) is 4.52. The molecular weight excluding hydrogens is 246 g/mol. The first kappa shape index (κ1) is 15.7. The van der Waals surface area contributed by atoms with E-state index in [4.69, 9.17) is 4.74 Å². The molecule has 1 rings (SSSR count). The van der Waals surface area contributed by atoms with Crippen LogP contribution in [0.1, 0.15) is 45.4 Å². The summed E-state index contributed by atoms with van der Waals surface area (Å²) in [5.74, 6) is 6.65. The molecule has 0 aromatic rings. The topological polar surface area (TPSA) is 29.5 Å². The van der Waals surface area contributed by atoms with Gasteiger partial charge in [0.15, 0.2) is 0 Å². The Labute approximate surface area is 114 Å². The third-order valence-corrected chi connectivity index (χ3v) is 4.32. The van der Waals surface area contributed by atoms with Crippen LogP contribution < -0.4 is 0 Å². The van der Waals surface area contributed by atoms with Crippen molar-refractivity contribution in [3.63, 3.8) is 0 Å². The molecule has 3 nitrogen and oxygen atoms in total. The highest BCUT2D eigenvalue weighted by Crippen LogP contribution is 2.04. The van der Waals surface area contributed by atoms with Crippen molar-refractivity contribution in [3.8, 4) is 11.8 Å². The molecule has 1 heterocycles. The minimum atomic E-state index is -0.937. The lowest BCUT2D eigenvalue weighted by atomic mass is 10.1. The van der Waals surface area contributed by atoms with Gasteiger partial charge in [-0.25, -0.2) is 8.51 Å². The van der Waals surface area contributed by atoms with Crippen molar-refractivity contribution in [3.05, 3.63) is 0 Å². The second-order valence-corrected chi connectivity index (χ2v) is 5.97. The lowest BCUT2D eigenvalue weighted by molar-refractivity contribution is 0.0753. The van der Waals surface area contributed by atoms with Crippen LogP contribution in [0.25, 0.3) is 0 Å². The van der Waals surface area contributed by atoms with Gasteiger partial charge in [-0.3, -0.25) is 0 Å². The zero-order valence-corrected chi connectivity index (χ0v) is 12.3. The molecule has 0 aromatic heterocycles. The molecular formula is C14H25NO2S. The molecule has 1 aliphatic heterocycles. The lowest BCUT2D eigenvalue weighted by Gasteiger charge is -2.24. The van der Waals surface area contributed by atoms with Crippen molar-refractivity contribution in [1.29, 1.82) is 0 Å². The fourth-order valence-electron chi connectivity index (χ4n) is 1.86. The largest absolute Gasteiger partial charge is 0.379 e. The minimum absolute atomic E-state index is 0.481. The fraction of sp³-hybridized carbons (Fsp3) is 0.857. The van der Waals surface area contributed by atoms with Crippen molar-refractivity contribution >= 4 is 11.0 Å². The van der Waals surface area contributed by atoms with Crippen LogP contribution in [-0.4, -0.2) is 40.6 Å². The molecule has 0 radical (unpaired) electrons. The van der Waals surface area contributed by atoms with Crippen molar-refractivity contribution in [1.82, 2.24) is 4.31 Å². The zero-order chi connectivity index (χ0) is 13.1. The summed E-state index contributed by atoms with van der Waals surface area (Å²) in [4.78, 5) is 0. The van der Waals surface area contributed by atoms with Gasteiger partial charge in [0.1, 0.15) is 11.0 Å². The summed E-state index contributed by atoms with van der Waals surface area (Å²) < 4.78 is 19.0. The predicted molar refractivity (Wildman–Crippen MR) is 76.6 cm³/mol. The number of hydrogen-bond donors (Lipinski definition) is 0. The maximum Gasteiger partial charge on any atom is 0.107 e. The molecule has 0 saturated carbocycles. The van der Waals surface area contributed by atoms with Crippen molar-refractivity contribution in [2.75, 3.05) is 32.1 Å². The van der Waals surface area contributed by atoms with Crippen molar-refractivity contribution in [2.45, 2.75) is 45.4 Å². The summed E-state index contributed by atoms with van der Waals surface area (Å²) in [6.45, 7) is 5.14. The quantitative estimate of drug-likeness (QED) is 0.525. The molecule has 1 atom stereocenters. The van der Waals surface area contributed by atoms with E-state index >= 15 is 0 Å². The van der Waals surface area contributed by atoms with Crippen LogP contribution in [0.4, 0.5) is 0 Å². The van der Waals surface area contributed by atoms with E-state index in [2.05, 4.69) is 18.8 Å². The first-order valence-corrected chi connectivity index (χ1v) is 8.29. The average Bonchev–Trinajstić information content (AvgIpc) is 2.42. The van der Waals surface area contributed by atoms with Gasteiger partial charge in [0.2, 0.25) is 0 Å². The van der Waals surface area contributed by atoms with Crippen LogP contribution in [0.2, 0.25) is 0 Å². The predicted octanol–water partition coefficient (Wildman–Crippen LogP) is 2.35. The van der Waals surface area contributed by atoms with Crippen molar-refractivity contribution < 1.29 is 8.95 Å². The molecule has 0 spiro atoms. The first-order chi connectivity index (χ1) is 8.84. The van der Waals surface area contributed by atoms with Gasteiger partial charge in [0.05, 0.1) is 19.0 Å². The van der Waals surface area contributed by atoms with E-state index in [9.17, 15) is 4.21 Å². The van der Waals surface area contributed by atoms with E-state index in [1.54, 1.807) is 0 Å². The SMILES string of the molecule is CCCCCCCC#CCS(=O)N1CCOCC1. The number of nitrogens with zero attached hydrogens (tertiary/aromatic N) is 1. The van der Waals surface area contributed by atoms with Gasteiger partial charge in [0.25, 0.3) is 0 Å². The van der Waals surface area contributed by atoms with Crippen LogP contribution >= 0.6 is 0 Å². The number of morpholine rings is 1. The highest BCUT2D eigenvalue weighted by atomic mass is 32.2. The molecule has 0 aliphatic carbocycles. The molecule has 4 heteroatoms. The number of ether oxygens (including phenoxy) is 1. The second kappa shape index (κ2) is 10.5. The molecule has 0 bridgehead atoms. The molecule has 18 heavy (non-hydrogen) atoms. The fourth-order valence-corrected chi connectivity index (χ4v) is 2.82.